The third-order valence-electron chi connectivity index (χ3n) is 2.69. The van der Waals surface area contributed by atoms with Crippen LogP contribution >= 0.6 is 11.6 Å². The van der Waals surface area contributed by atoms with Gasteiger partial charge in [-0.3, -0.25) is 0 Å². The van der Waals surface area contributed by atoms with Crippen LogP contribution in [-0.4, -0.2) is 38.1 Å². The molecular formula is C14H18ClN3O. The molecule has 1 rings (SSSR count). The lowest BCUT2D eigenvalue weighted by atomic mass is 10.1. The van der Waals surface area contributed by atoms with E-state index in [1.807, 2.05) is 43.3 Å². The summed E-state index contributed by atoms with van der Waals surface area (Å²) >= 11 is 5.87. The molecule has 2 N–H and O–H groups in total. The third-order valence-corrected chi connectivity index (χ3v) is 2.94. The quantitative estimate of drug-likeness (QED) is 0.809. The number of hydrogen-bond donors (Lipinski definition) is 2. The molecular weight excluding hydrogens is 262 g/mol. The summed E-state index contributed by atoms with van der Waals surface area (Å²) in [6.45, 7) is 0.713. The van der Waals surface area contributed by atoms with Gasteiger partial charge in [0.1, 0.15) is 0 Å². The topological polar surface area (TPSA) is 44.4 Å². The zero-order valence-corrected chi connectivity index (χ0v) is 11.9. The highest BCUT2D eigenvalue weighted by Gasteiger charge is 2.14. The van der Waals surface area contributed by atoms with Gasteiger partial charge in [0, 0.05) is 11.6 Å². The first-order chi connectivity index (χ1) is 9.04. The van der Waals surface area contributed by atoms with Crippen molar-refractivity contribution in [2.75, 3.05) is 27.2 Å². The van der Waals surface area contributed by atoms with Crippen LogP contribution < -0.4 is 10.6 Å². The fraction of sp³-hybridized carbons (Fsp3) is 0.357. The molecule has 0 radical (unpaired) electrons. The molecule has 0 saturated carbocycles. The molecule has 1 aromatic rings. The Labute approximate surface area is 119 Å². The summed E-state index contributed by atoms with van der Waals surface area (Å²) in [5.41, 5.74) is 1.09. The van der Waals surface area contributed by atoms with Crippen LogP contribution in [-0.2, 0) is 0 Å². The van der Waals surface area contributed by atoms with Crippen molar-refractivity contribution in [3.63, 3.8) is 0 Å². The van der Waals surface area contributed by atoms with Crippen LogP contribution in [0.1, 0.15) is 11.6 Å². The Bertz CT molecular complexity index is 451. The van der Waals surface area contributed by atoms with Gasteiger partial charge in [0.05, 0.1) is 12.6 Å². The number of urea groups is 1. The number of hydrogen-bond acceptors (Lipinski definition) is 2. The number of benzene rings is 1. The van der Waals surface area contributed by atoms with Crippen LogP contribution in [0, 0.1) is 12.3 Å². The first-order valence-corrected chi connectivity index (χ1v) is 6.29. The average Bonchev–Trinajstić information content (AvgIpc) is 2.38. The predicted octanol–water partition coefficient (Wildman–Crippen LogP) is 1.88. The van der Waals surface area contributed by atoms with Gasteiger partial charge in [-0.15, -0.1) is 6.42 Å². The Morgan fingerprint density at radius 1 is 1.37 bits per heavy atom. The van der Waals surface area contributed by atoms with E-state index in [1.165, 1.54) is 0 Å². The van der Waals surface area contributed by atoms with Crippen LogP contribution in [0.2, 0.25) is 5.02 Å². The Balaban J connectivity index is 2.61. The molecule has 0 heterocycles. The third kappa shape index (κ3) is 5.21. The number of terminal acetylenes is 1. The normalized spacial score (nSPS) is 11.7. The minimum absolute atomic E-state index is 0.0776. The number of rotatable bonds is 5. The molecule has 2 amide bonds. The molecule has 0 bridgehead atoms. The number of nitrogens with zero attached hydrogens (tertiary/aromatic N) is 1. The Morgan fingerprint density at radius 2 is 2.00 bits per heavy atom. The maximum Gasteiger partial charge on any atom is 0.315 e. The zero-order chi connectivity index (χ0) is 14.3. The number of halogens is 1. The van der Waals surface area contributed by atoms with Crippen LogP contribution in [0.4, 0.5) is 4.79 Å². The zero-order valence-electron chi connectivity index (χ0n) is 11.1. The number of carbonyl (C=O) groups excluding carboxylic acids is 1. The average molecular weight is 280 g/mol. The summed E-state index contributed by atoms with van der Waals surface area (Å²) in [5, 5.41) is 6.05. The first kappa shape index (κ1) is 15.4. The fourth-order valence-electron chi connectivity index (χ4n) is 1.67. The predicted molar refractivity (Wildman–Crippen MR) is 78.1 cm³/mol. The highest BCUT2D eigenvalue weighted by molar-refractivity contribution is 6.30. The Hall–Kier alpha value is -1.70. The molecule has 1 atom stereocenters. The van der Waals surface area contributed by atoms with Crippen LogP contribution in [0.3, 0.4) is 0 Å². The van der Waals surface area contributed by atoms with Gasteiger partial charge in [-0.1, -0.05) is 29.7 Å². The van der Waals surface area contributed by atoms with E-state index in [9.17, 15) is 4.79 Å². The second-order valence-corrected chi connectivity index (χ2v) is 4.74. The summed E-state index contributed by atoms with van der Waals surface area (Å²) in [6.07, 6.45) is 5.07. The van der Waals surface area contributed by atoms with Gasteiger partial charge in [0.25, 0.3) is 0 Å². The monoisotopic (exact) mass is 279 g/mol. The number of amides is 2. The van der Waals surface area contributed by atoms with E-state index in [4.69, 9.17) is 18.0 Å². The smallest absolute Gasteiger partial charge is 0.315 e. The molecule has 0 aliphatic heterocycles. The van der Waals surface area contributed by atoms with Crippen LogP contribution in [0.15, 0.2) is 24.3 Å². The van der Waals surface area contributed by atoms with Gasteiger partial charge in [0.15, 0.2) is 0 Å². The molecule has 0 saturated heterocycles. The van der Waals surface area contributed by atoms with Crippen molar-refractivity contribution < 1.29 is 4.79 Å². The second kappa shape index (κ2) is 7.67. The van der Waals surface area contributed by atoms with Gasteiger partial charge >= 0.3 is 6.03 Å². The minimum Gasteiger partial charge on any atom is -0.336 e. The lowest BCUT2D eigenvalue weighted by Gasteiger charge is -2.25. The molecule has 0 aliphatic rings. The van der Waals surface area contributed by atoms with Crippen molar-refractivity contribution in [3.05, 3.63) is 34.9 Å². The number of nitrogens with one attached hydrogen (secondary N) is 2. The van der Waals surface area contributed by atoms with E-state index in [0.29, 0.717) is 11.6 Å². The van der Waals surface area contributed by atoms with Crippen LogP contribution in [0.5, 0.6) is 0 Å². The minimum atomic E-state index is -0.265. The second-order valence-electron chi connectivity index (χ2n) is 4.30. The largest absolute Gasteiger partial charge is 0.336 e. The van der Waals surface area contributed by atoms with E-state index in [-0.39, 0.29) is 18.6 Å². The molecule has 1 unspecified atom stereocenters. The molecule has 19 heavy (non-hydrogen) atoms. The molecule has 5 heteroatoms. The molecule has 102 valence electrons. The van der Waals surface area contributed by atoms with Crippen molar-refractivity contribution in [1.29, 1.82) is 0 Å². The van der Waals surface area contributed by atoms with E-state index in [2.05, 4.69) is 16.6 Å². The van der Waals surface area contributed by atoms with E-state index in [0.717, 1.165) is 5.56 Å². The Morgan fingerprint density at radius 3 is 2.53 bits per heavy atom. The fourth-order valence-corrected chi connectivity index (χ4v) is 1.79. The molecule has 1 aromatic carbocycles. The molecule has 0 aromatic heterocycles. The summed E-state index contributed by atoms with van der Waals surface area (Å²) in [6, 6.07) is 7.40. The van der Waals surface area contributed by atoms with Gasteiger partial charge in [-0.25, -0.2) is 4.79 Å². The molecule has 4 nitrogen and oxygen atoms in total. The molecule has 0 fully saturated rings. The summed E-state index contributed by atoms with van der Waals surface area (Å²) < 4.78 is 0. The van der Waals surface area contributed by atoms with Crippen molar-refractivity contribution in [2.45, 2.75) is 6.04 Å². The SMILES string of the molecule is C#CCNC(=O)NCC(c1ccc(Cl)cc1)N(C)C. The van der Waals surface area contributed by atoms with E-state index in [1.54, 1.807) is 0 Å². The summed E-state index contributed by atoms with van der Waals surface area (Å²) in [5.74, 6) is 2.35. The first-order valence-electron chi connectivity index (χ1n) is 5.91. The molecule has 0 spiro atoms. The van der Waals surface area contributed by atoms with Crippen molar-refractivity contribution >= 4 is 17.6 Å². The van der Waals surface area contributed by atoms with Crippen molar-refractivity contribution in [1.82, 2.24) is 15.5 Å². The van der Waals surface area contributed by atoms with Gasteiger partial charge in [-0.2, -0.15) is 0 Å². The number of carbonyl (C=O) groups is 1. The van der Waals surface area contributed by atoms with E-state index < -0.39 is 0 Å². The van der Waals surface area contributed by atoms with Crippen molar-refractivity contribution in [2.24, 2.45) is 0 Å². The maximum absolute atomic E-state index is 11.5. The standard InChI is InChI=1S/C14H18ClN3O/c1-4-9-16-14(19)17-10-13(18(2)3)11-5-7-12(15)8-6-11/h1,5-8,13H,9-10H2,2-3H3,(H2,16,17,19). The van der Waals surface area contributed by atoms with Crippen molar-refractivity contribution in [3.8, 4) is 12.3 Å². The highest BCUT2D eigenvalue weighted by atomic mass is 35.5. The molecule has 0 aliphatic carbocycles. The summed E-state index contributed by atoms with van der Waals surface area (Å²) in [4.78, 5) is 13.5. The van der Waals surface area contributed by atoms with Crippen LogP contribution in [0.25, 0.3) is 0 Å². The summed E-state index contributed by atoms with van der Waals surface area (Å²) in [7, 11) is 3.92. The maximum atomic E-state index is 11.5. The lowest BCUT2D eigenvalue weighted by molar-refractivity contribution is 0.234. The van der Waals surface area contributed by atoms with Gasteiger partial charge in [-0.05, 0) is 31.8 Å². The van der Waals surface area contributed by atoms with E-state index >= 15 is 0 Å². The number of likely N-dealkylation sites (N-methyl/N-ethyl adjacent to an activating group) is 1. The highest BCUT2D eigenvalue weighted by Crippen LogP contribution is 2.19. The van der Waals surface area contributed by atoms with Gasteiger partial charge < -0.3 is 15.5 Å². The Kier molecular flexibility index (Phi) is 6.20. The lowest BCUT2D eigenvalue weighted by Crippen LogP contribution is -2.40. The van der Waals surface area contributed by atoms with Gasteiger partial charge in [0.2, 0.25) is 0 Å².